The summed E-state index contributed by atoms with van der Waals surface area (Å²) in [5.74, 6) is 0. The molecule has 0 aliphatic carbocycles. The normalized spacial score (nSPS) is 14.8. The molecular weight excluding hydrogens is 291 g/mol. The zero-order valence-electron chi connectivity index (χ0n) is 14.0. The van der Waals surface area contributed by atoms with E-state index in [-0.39, 0.29) is 0 Å². The number of aromatic nitrogens is 1. The van der Waals surface area contributed by atoms with Gasteiger partial charge < -0.3 is 5.32 Å². The van der Waals surface area contributed by atoms with Gasteiger partial charge in [-0.1, -0.05) is 14.6 Å². The SMILES string of the molecule is CN=C/C(PC)=C(\C)N/C(C)=C\C(C)=NCc1cccnc1. The molecule has 0 aliphatic rings. The van der Waals surface area contributed by atoms with E-state index in [9.17, 15) is 0 Å². The average Bonchev–Trinajstić information content (AvgIpc) is 2.51. The fourth-order valence-corrected chi connectivity index (χ4v) is 2.64. The molecule has 118 valence electrons. The van der Waals surface area contributed by atoms with Crippen LogP contribution in [-0.4, -0.2) is 30.6 Å². The van der Waals surface area contributed by atoms with Gasteiger partial charge in [0.1, 0.15) is 0 Å². The number of rotatable bonds is 7. The van der Waals surface area contributed by atoms with Gasteiger partial charge in [-0.15, -0.1) is 0 Å². The Bertz CT molecular complexity index is 586. The molecule has 22 heavy (non-hydrogen) atoms. The Morgan fingerprint density at radius 2 is 2.14 bits per heavy atom. The molecule has 1 aromatic heterocycles. The van der Waals surface area contributed by atoms with E-state index in [1.807, 2.05) is 38.4 Å². The van der Waals surface area contributed by atoms with Crippen LogP contribution in [0, 0.1) is 0 Å². The lowest BCUT2D eigenvalue weighted by Crippen LogP contribution is -2.11. The second-order valence-electron chi connectivity index (χ2n) is 4.95. The summed E-state index contributed by atoms with van der Waals surface area (Å²) < 4.78 is 0. The number of pyridine rings is 1. The van der Waals surface area contributed by atoms with Gasteiger partial charge in [0.15, 0.2) is 0 Å². The highest BCUT2D eigenvalue weighted by Crippen LogP contribution is 2.20. The predicted molar refractivity (Wildman–Crippen MR) is 99.3 cm³/mol. The molecule has 1 heterocycles. The summed E-state index contributed by atoms with van der Waals surface area (Å²) in [5, 5.41) is 4.64. The molecule has 0 fully saturated rings. The molecule has 1 unspecified atom stereocenters. The van der Waals surface area contributed by atoms with E-state index < -0.39 is 0 Å². The molecule has 0 saturated heterocycles. The van der Waals surface area contributed by atoms with Crippen LogP contribution >= 0.6 is 8.58 Å². The molecular formula is C17H25N4P. The van der Waals surface area contributed by atoms with Gasteiger partial charge in [0.05, 0.1) is 6.54 Å². The van der Waals surface area contributed by atoms with E-state index in [0.29, 0.717) is 15.1 Å². The van der Waals surface area contributed by atoms with Crippen molar-refractivity contribution in [2.45, 2.75) is 27.3 Å². The lowest BCUT2D eigenvalue weighted by atomic mass is 10.2. The largest absolute Gasteiger partial charge is 0.362 e. The van der Waals surface area contributed by atoms with E-state index >= 15 is 0 Å². The summed E-state index contributed by atoms with van der Waals surface area (Å²) in [7, 11) is 2.51. The standard InChI is InChI=1S/C17H25N4P/c1-13(20-11-16-7-6-8-19-10-16)9-14(2)21-15(3)17(22-5)12-18-4/h6-10,12,21-22H,11H2,1-5H3/b14-9-,17-15-,18-12?,20-13?. The van der Waals surface area contributed by atoms with Gasteiger partial charge in [-0.05, 0) is 45.1 Å². The van der Waals surface area contributed by atoms with Crippen LogP contribution in [0.3, 0.4) is 0 Å². The highest BCUT2D eigenvalue weighted by atomic mass is 31.1. The molecule has 1 rings (SSSR count). The fraction of sp³-hybridized carbons (Fsp3) is 0.353. The summed E-state index contributed by atoms with van der Waals surface area (Å²) in [6.07, 6.45) is 7.59. The zero-order valence-corrected chi connectivity index (χ0v) is 15.0. The monoisotopic (exact) mass is 316 g/mol. The van der Waals surface area contributed by atoms with Crippen LogP contribution < -0.4 is 5.32 Å². The molecule has 4 nitrogen and oxygen atoms in total. The minimum absolute atomic E-state index is 0.655. The Morgan fingerprint density at radius 1 is 1.36 bits per heavy atom. The van der Waals surface area contributed by atoms with Crippen molar-refractivity contribution < 1.29 is 0 Å². The Morgan fingerprint density at radius 3 is 2.73 bits per heavy atom. The van der Waals surface area contributed by atoms with Crippen molar-refractivity contribution in [1.29, 1.82) is 0 Å². The van der Waals surface area contributed by atoms with Crippen LogP contribution in [0.4, 0.5) is 0 Å². The van der Waals surface area contributed by atoms with Crippen molar-refractivity contribution in [1.82, 2.24) is 10.3 Å². The van der Waals surface area contributed by atoms with Crippen molar-refractivity contribution in [3.63, 3.8) is 0 Å². The van der Waals surface area contributed by atoms with Crippen LogP contribution in [0.25, 0.3) is 0 Å². The molecule has 5 heteroatoms. The van der Waals surface area contributed by atoms with Gasteiger partial charge >= 0.3 is 0 Å². The van der Waals surface area contributed by atoms with E-state index in [2.05, 4.69) is 40.0 Å². The molecule has 0 radical (unpaired) electrons. The van der Waals surface area contributed by atoms with Crippen LogP contribution in [-0.2, 0) is 6.54 Å². The highest BCUT2D eigenvalue weighted by molar-refractivity contribution is 7.43. The lowest BCUT2D eigenvalue weighted by Gasteiger charge is -2.10. The minimum atomic E-state index is 0.655. The van der Waals surface area contributed by atoms with Crippen LogP contribution in [0.2, 0.25) is 0 Å². The van der Waals surface area contributed by atoms with E-state index in [1.54, 1.807) is 13.2 Å². The van der Waals surface area contributed by atoms with Gasteiger partial charge in [0.2, 0.25) is 0 Å². The lowest BCUT2D eigenvalue weighted by molar-refractivity contribution is 0.967. The third-order valence-electron chi connectivity index (χ3n) is 2.98. The van der Waals surface area contributed by atoms with Crippen LogP contribution in [0.5, 0.6) is 0 Å². The maximum Gasteiger partial charge on any atom is 0.0657 e. The topological polar surface area (TPSA) is 49.6 Å². The minimum Gasteiger partial charge on any atom is -0.362 e. The van der Waals surface area contributed by atoms with Gasteiger partial charge in [-0.3, -0.25) is 15.0 Å². The first-order valence-electron chi connectivity index (χ1n) is 7.23. The average molecular weight is 316 g/mol. The van der Waals surface area contributed by atoms with Crippen LogP contribution in [0.15, 0.2) is 57.3 Å². The number of hydrogen-bond donors (Lipinski definition) is 1. The maximum absolute atomic E-state index is 4.56. The quantitative estimate of drug-likeness (QED) is 0.615. The van der Waals surface area contributed by atoms with Gasteiger partial charge in [-0.2, -0.15) is 0 Å². The predicted octanol–water partition coefficient (Wildman–Crippen LogP) is 3.78. The number of nitrogens with one attached hydrogen (secondary N) is 1. The second kappa shape index (κ2) is 10.0. The molecule has 0 aromatic carbocycles. The molecule has 0 bridgehead atoms. The Hall–Kier alpha value is -1.80. The van der Waals surface area contributed by atoms with Crippen molar-refractivity contribution in [3.05, 3.63) is 52.9 Å². The number of aliphatic imine (C=N–C) groups is 2. The summed E-state index contributed by atoms with van der Waals surface area (Å²) in [6, 6.07) is 3.96. The summed E-state index contributed by atoms with van der Waals surface area (Å²) in [6.45, 7) is 8.94. The molecule has 0 spiro atoms. The van der Waals surface area contributed by atoms with Crippen molar-refractivity contribution >= 4 is 20.5 Å². The number of nitrogens with zero attached hydrogens (tertiary/aromatic N) is 3. The third kappa shape index (κ3) is 6.77. The van der Waals surface area contributed by atoms with Crippen molar-refractivity contribution in [2.24, 2.45) is 9.98 Å². The first-order valence-corrected chi connectivity index (χ1v) is 8.73. The number of allylic oxidation sites excluding steroid dienone is 4. The molecule has 0 saturated carbocycles. The molecule has 1 aromatic rings. The van der Waals surface area contributed by atoms with Gasteiger partial charge in [-0.25, -0.2) is 0 Å². The van der Waals surface area contributed by atoms with Crippen molar-refractivity contribution in [3.8, 4) is 0 Å². The van der Waals surface area contributed by atoms with Crippen LogP contribution in [0.1, 0.15) is 26.3 Å². The van der Waals surface area contributed by atoms with E-state index in [1.165, 1.54) is 5.31 Å². The third-order valence-corrected chi connectivity index (χ3v) is 4.02. The Kier molecular flexibility index (Phi) is 8.31. The Labute approximate surface area is 135 Å². The Balaban J connectivity index is 2.71. The first kappa shape index (κ1) is 18.2. The molecule has 0 amide bonds. The van der Waals surface area contributed by atoms with E-state index in [0.717, 1.165) is 22.7 Å². The van der Waals surface area contributed by atoms with Gasteiger partial charge in [0.25, 0.3) is 0 Å². The van der Waals surface area contributed by atoms with Crippen molar-refractivity contribution in [2.75, 3.05) is 13.7 Å². The summed E-state index contributed by atoms with van der Waals surface area (Å²) >= 11 is 0. The molecule has 1 N–H and O–H groups in total. The second-order valence-corrected chi connectivity index (χ2v) is 5.99. The zero-order chi connectivity index (χ0) is 16.4. The smallest absolute Gasteiger partial charge is 0.0657 e. The molecule has 0 aliphatic heterocycles. The number of hydrogen-bond acceptors (Lipinski definition) is 4. The first-order chi connectivity index (χ1) is 10.6. The summed E-state index contributed by atoms with van der Waals surface area (Å²) in [4.78, 5) is 12.8. The highest BCUT2D eigenvalue weighted by Gasteiger charge is 1.99. The molecule has 1 atom stereocenters. The van der Waals surface area contributed by atoms with E-state index in [4.69, 9.17) is 0 Å². The van der Waals surface area contributed by atoms with Gasteiger partial charge in [0, 0.05) is 48.1 Å². The summed E-state index contributed by atoms with van der Waals surface area (Å²) in [5.41, 5.74) is 4.32. The fourth-order valence-electron chi connectivity index (χ4n) is 1.94. The maximum atomic E-state index is 4.56.